The molecule has 0 spiro atoms. The van der Waals surface area contributed by atoms with Gasteiger partial charge in [-0.1, -0.05) is 0 Å². The van der Waals surface area contributed by atoms with Crippen molar-refractivity contribution in [3.8, 4) is 0 Å². The third-order valence-corrected chi connectivity index (χ3v) is 4.34. The number of hydrogen-bond donors (Lipinski definition) is 1. The fourth-order valence-corrected chi connectivity index (χ4v) is 2.76. The van der Waals surface area contributed by atoms with Gasteiger partial charge in [-0.15, -0.1) is 0 Å². The molecule has 2 unspecified atom stereocenters. The van der Waals surface area contributed by atoms with Gasteiger partial charge in [-0.3, -0.25) is 4.79 Å². The highest BCUT2D eigenvalue weighted by atomic mass is 79.9. The Kier molecular flexibility index (Phi) is 5.12. The second-order valence-corrected chi connectivity index (χ2v) is 5.75. The van der Waals surface area contributed by atoms with Gasteiger partial charge in [-0.2, -0.15) is 0 Å². The number of rotatable bonds is 3. The lowest BCUT2D eigenvalue weighted by Crippen LogP contribution is -2.51. The number of amides is 1. The van der Waals surface area contributed by atoms with Crippen LogP contribution < -0.4 is 5.73 Å². The van der Waals surface area contributed by atoms with Crippen molar-refractivity contribution in [2.45, 2.75) is 25.0 Å². The van der Waals surface area contributed by atoms with Crippen LogP contribution in [0.15, 0.2) is 22.7 Å². The first-order valence-corrected chi connectivity index (χ1v) is 7.35. The van der Waals surface area contributed by atoms with E-state index in [0.717, 1.165) is 12.8 Å². The van der Waals surface area contributed by atoms with Crippen LogP contribution in [0.25, 0.3) is 0 Å². The lowest BCUT2D eigenvalue weighted by atomic mass is 9.98. The first-order valence-electron chi connectivity index (χ1n) is 6.55. The van der Waals surface area contributed by atoms with Crippen molar-refractivity contribution in [3.63, 3.8) is 0 Å². The minimum absolute atomic E-state index is 0.0621. The van der Waals surface area contributed by atoms with E-state index < -0.39 is 5.82 Å². The molecule has 20 heavy (non-hydrogen) atoms. The predicted molar refractivity (Wildman–Crippen MR) is 78.0 cm³/mol. The summed E-state index contributed by atoms with van der Waals surface area (Å²) >= 11 is 3.08. The molecule has 1 saturated heterocycles. The summed E-state index contributed by atoms with van der Waals surface area (Å²) in [7, 11) is 1.67. The minimum Gasteiger partial charge on any atom is -0.381 e. The Hall–Kier alpha value is -0.980. The molecule has 1 aliphatic heterocycles. The predicted octanol–water partition coefficient (Wildman–Crippen LogP) is 2.17. The molecule has 0 radical (unpaired) electrons. The smallest absolute Gasteiger partial charge is 0.254 e. The maximum Gasteiger partial charge on any atom is 0.254 e. The van der Waals surface area contributed by atoms with Crippen molar-refractivity contribution in [1.82, 2.24) is 4.90 Å². The number of carbonyl (C=O) groups excluding carboxylic acids is 1. The average Bonchev–Trinajstić information content (AvgIpc) is 2.48. The topological polar surface area (TPSA) is 55.6 Å². The maximum absolute atomic E-state index is 13.5. The number of hydrogen-bond acceptors (Lipinski definition) is 3. The summed E-state index contributed by atoms with van der Waals surface area (Å²) in [6, 6.07) is 4.35. The SMILES string of the molecule is COC1CCN(C(=O)c2ccc(Br)c(F)c2)C(CN)C1. The van der Waals surface area contributed by atoms with E-state index in [1.807, 2.05) is 0 Å². The monoisotopic (exact) mass is 344 g/mol. The molecule has 110 valence electrons. The van der Waals surface area contributed by atoms with Crippen molar-refractivity contribution in [1.29, 1.82) is 0 Å². The second-order valence-electron chi connectivity index (χ2n) is 4.90. The number of nitrogens with zero attached hydrogens (tertiary/aromatic N) is 1. The van der Waals surface area contributed by atoms with Gasteiger partial charge in [0.1, 0.15) is 5.82 Å². The fraction of sp³-hybridized carbons (Fsp3) is 0.500. The van der Waals surface area contributed by atoms with Crippen LogP contribution in [0.1, 0.15) is 23.2 Å². The van der Waals surface area contributed by atoms with E-state index in [9.17, 15) is 9.18 Å². The Morgan fingerprint density at radius 3 is 2.95 bits per heavy atom. The van der Waals surface area contributed by atoms with Gasteiger partial charge in [-0.25, -0.2) is 4.39 Å². The van der Waals surface area contributed by atoms with Crippen molar-refractivity contribution in [2.24, 2.45) is 5.73 Å². The average molecular weight is 345 g/mol. The van der Waals surface area contributed by atoms with Crippen LogP contribution in [0.5, 0.6) is 0 Å². The van der Waals surface area contributed by atoms with Gasteiger partial charge in [0.25, 0.3) is 5.91 Å². The van der Waals surface area contributed by atoms with Crippen molar-refractivity contribution in [3.05, 3.63) is 34.1 Å². The molecule has 2 atom stereocenters. The molecule has 1 aromatic rings. The highest BCUT2D eigenvalue weighted by molar-refractivity contribution is 9.10. The molecule has 0 aromatic heterocycles. The summed E-state index contributed by atoms with van der Waals surface area (Å²) in [6.45, 7) is 0.960. The number of carbonyl (C=O) groups is 1. The Balaban J connectivity index is 2.17. The normalized spacial score (nSPS) is 22.9. The molecule has 1 aliphatic rings. The molecule has 0 bridgehead atoms. The summed E-state index contributed by atoms with van der Waals surface area (Å²) in [5, 5.41) is 0. The van der Waals surface area contributed by atoms with E-state index in [2.05, 4.69) is 15.9 Å². The lowest BCUT2D eigenvalue weighted by molar-refractivity contribution is 0.0139. The maximum atomic E-state index is 13.5. The first kappa shape index (κ1) is 15.4. The van der Waals surface area contributed by atoms with Crippen LogP contribution in [0.3, 0.4) is 0 Å². The summed E-state index contributed by atoms with van der Waals surface area (Å²) in [6.07, 6.45) is 1.63. The number of piperidine rings is 1. The van der Waals surface area contributed by atoms with Gasteiger partial charge in [-0.05, 0) is 47.0 Å². The van der Waals surface area contributed by atoms with E-state index in [-0.39, 0.29) is 18.1 Å². The standard InChI is InChI=1S/C14H18BrFN2O2/c1-20-11-4-5-18(10(7-11)8-17)14(19)9-2-3-12(15)13(16)6-9/h2-3,6,10-11H,4-5,7-8,17H2,1H3. The zero-order valence-corrected chi connectivity index (χ0v) is 12.9. The van der Waals surface area contributed by atoms with Crippen molar-refractivity contribution in [2.75, 3.05) is 20.2 Å². The van der Waals surface area contributed by atoms with Gasteiger partial charge in [0.15, 0.2) is 0 Å². The van der Waals surface area contributed by atoms with Gasteiger partial charge >= 0.3 is 0 Å². The van der Waals surface area contributed by atoms with Gasteiger partial charge in [0.05, 0.1) is 10.6 Å². The number of nitrogens with two attached hydrogens (primary N) is 1. The molecule has 1 fully saturated rings. The Morgan fingerprint density at radius 2 is 2.35 bits per heavy atom. The quantitative estimate of drug-likeness (QED) is 0.914. The van der Waals surface area contributed by atoms with Gasteiger partial charge < -0.3 is 15.4 Å². The largest absolute Gasteiger partial charge is 0.381 e. The van der Waals surface area contributed by atoms with E-state index in [1.54, 1.807) is 24.1 Å². The van der Waals surface area contributed by atoms with Crippen LogP contribution in [0.2, 0.25) is 0 Å². The first-order chi connectivity index (χ1) is 9.56. The molecule has 2 N–H and O–H groups in total. The second kappa shape index (κ2) is 6.65. The fourth-order valence-electron chi connectivity index (χ4n) is 2.51. The van der Waals surface area contributed by atoms with E-state index in [1.165, 1.54) is 6.07 Å². The lowest BCUT2D eigenvalue weighted by Gasteiger charge is -2.38. The molecule has 4 nitrogen and oxygen atoms in total. The molecule has 0 saturated carbocycles. The highest BCUT2D eigenvalue weighted by Crippen LogP contribution is 2.23. The number of benzene rings is 1. The number of ether oxygens (including phenoxy) is 1. The van der Waals surface area contributed by atoms with Gasteiger partial charge in [0, 0.05) is 31.8 Å². The van der Waals surface area contributed by atoms with Crippen LogP contribution in [0, 0.1) is 5.82 Å². The van der Waals surface area contributed by atoms with Crippen LogP contribution in [-0.2, 0) is 4.74 Å². The summed E-state index contributed by atoms with van der Waals surface area (Å²) in [5.41, 5.74) is 6.10. The molecular formula is C14H18BrFN2O2. The molecule has 2 rings (SSSR count). The molecule has 6 heteroatoms. The van der Waals surface area contributed by atoms with Crippen molar-refractivity contribution < 1.29 is 13.9 Å². The molecule has 1 heterocycles. The summed E-state index contributed by atoms with van der Waals surface area (Å²) < 4.78 is 19.2. The third-order valence-electron chi connectivity index (χ3n) is 3.70. The zero-order chi connectivity index (χ0) is 14.7. The zero-order valence-electron chi connectivity index (χ0n) is 11.3. The molecule has 1 aromatic carbocycles. The van der Waals surface area contributed by atoms with Crippen molar-refractivity contribution >= 4 is 21.8 Å². The van der Waals surface area contributed by atoms with Crippen LogP contribution in [0.4, 0.5) is 4.39 Å². The Labute approximate surface area is 126 Å². The third kappa shape index (κ3) is 3.19. The highest BCUT2D eigenvalue weighted by Gasteiger charge is 2.31. The Bertz CT molecular complexity index is 498. The van der Waals surface area contributed by atoms with E-state index in [4.69, 9.17) is 10.5 Å². The Morgan fingerprint density at radius 1 is 1.60 bits per heavy atom. The summed E-state index contributed by atoms with van der Waals surface area (Å²) in [4.78, 5) is 14.2. The number of methoxy groups -OCH3 is 1. The van der Waals surface area contributed by atoms with E-state index in [0.29, 0.717) is 23.1 Å². The molecule has 1 amide bonds. The number of halogens is 2. The van der Waals surface area contributed by atoms with E-state index >= 15 is 0 Å². The molecular weight excluding hydrogens is 327 g/mol. The minimum atomic E-state index is -0.438. The van der Waals surface area contributed by atoms with Crippen LogP contribution >= 0.6 is 15.9 Å². The van der Waals surface area contributed by atoms with Crippen LogP contribution in [-0.4, -0.2) is 43.2 Å². The summed E-state index contributed by atoms with van der Waals surface area (Å²) in [5.74, 6) is -0.617. The molecule has 0 aliphatic carbocycles. The van der Waals surface area contributed by atoms with Gasteiger partial charge in [0.2, 0.25) is 0 Å². The number of likely N-dealkylation sites (tertiary alicyclic amines) is 1.